The fourth-order valence-corrected chi connectivity index (χ4v) is 2.00. The van der Waals surface area contributed by atoms with Crippen LogP contribution in [0.15, 0.2) is 18.2 Å². The van der Waals surface area contributed by atoms with Crippen molar-refractivity contribution in [3.05, 3.63) is 23.8 Å². The molecule has 1 aromatic rings. The molecule has 0 amide bonds. The molecule has 4 heteroatoms. The summed E-state index contributed by atoms with van der Waals surface area (Å²) in [6, 6.07) is 4.90. The van der Waals surface area contributed by atoms with E-state index in [0.717, 1.165) is 18.4 Å². The van der Waals surface area contributed by atoms with E-state index in [0.29, 0.717) is 5.75 Å². The largest absolute Gasteiger partial charge is 0.504 e. The lowest BCUT2D eigenvalue weighted by Crippen LogP contribution is -2.14. The second-order valence-corrected chi connectivity index (χ2v) is 4.09. The number of phenols is 1. The SMILES string of the molecule is COc1cc(C2(C(=O)Cl)CC2)ccc1O. The summed E-state index contributed by atoms with van der Waals surface area (Å²) in [7, 11) is 1.47. The molecule has 0 radical (unpaired) electrons. The third kappa shape index (κ3) is 1.57. The molecule has 80 valence electrons. The van der Waals surface area contributed by atoms with E-state index in [9.17, 15) is 9.90 Å². The molecule has 1 N–H and O–H groups in total. The van der Waals surface area contributed by atoms with Crippen molar-refractivity contribution in [2.75, 3.05) is 7.11 Å². The Balaban J connectivity index is 2.42. The lowest BCUT2D eigenvalue weighted by Gasteiger charge is -2.12. The number of carbonyl (C=O) groups excluding carboxylic acids is 1. The Bertz CT molecular complexity index is 410. The highest BCUT2D eigenvalue weighted by atomic mass is 35.5. The van der Waals surface area contributed by atoms with Crippen LogP contribution in [0.2, 0.25) is 0 Å². The van der Waals surface area contributed by atoms with Gasteiger partial charge in [-0.3, -0.25) is 4.79 Å². The molecule has 1 aliphatic rings. The molecule has 0 bridgehead atoms. The van der Waals surface area contributed by atoms with Gasteiger partial charge in [0.05, 0.1) is 12.5 Å². The Morgan fingerprint density at radius 2 is 2.20 bits per heavy atom. The topological polar surface area (TPSA) is 46.5 Å². The van der Waals surface area contributed by atoms with Crippen molar-refractivity contribution in [2.24, 2.45) is 0 Å². The van der Waals surface area contributed by atoms with Crippen molar-refractivity contribution in [1.82, 2.24) is 0 Å². The quantitative estimate of drug-likeness (QED) is 0.804. The predicted molar refractivity (Wildman–Crippen MR) is 56.4 cm³/mol. The van der Waals surface area contributed by atoms with Gasteiger partial charge in [0, 0.05) is 0 Å². The maximum Gasteiger partial charge on any atom is 0.232 e. The molecule has 0 atom stereocenters. The number of ether oxygens (including phenoxy) is 1. The molecule has 0 unspecified atom stereocenters. The van der Waals surface area contributed by atoms with Crippen LogP contribution in [-0.4, -0.2) is 17.5 Å². The van der Waals surface area contributed by atoms with Crippen LogP contribution in [0.5, 0.6) is 11.5 Å². The molecule has 1 aromatic carbocycles. The first-order chi connectivity index (χ1) is 7.10. The molecule has 1 saturated carbocycles. The molecule has 1 aliphatic carbocycles. The van der Waals surface area contributed by atoms with Crippen molar-refractivity contribution in [1.29, 1.82) is 0 Å². The first-order valence-electron chi connectivity index (χ1n) is 4.67. The molecule has 0 aromatic heterocycles. The highest BCUT2D eigenvalue weighted by molar-refractivity contribution is 6.66. The van der Waals surface area contributed by atoms with Gasteiger partial charge in [0.25, 0.3) is 0 Å². The number of phenolic OH excluding ortho intramolecular Hbond substituents is 1. The summed E-state index contributed by atoms with van der Waals surface area (Å²) < 4.78 is 4.98. The van der Waals surface area contributed by atoms with Crippen molar-refractivity contribution in [3.63, 3.8) is 0 Å². The van der Waals surface area contributed by atoms with Crippen LogP contribution in [0, 0.1) is 0 Å². The number of aromatic hydroxyl groups is 1. The summed E-state index contributed by atoms with van der Waals surface area (Å²) in [5, 5.41) is 9.08. The van der Waals surface area contributed by atoms with Crippen LogP contribution in [0.4, 0.5) is 0 Å². The van der Waals surface area contributed by atoms with Crippen molar-refractivity contribution >= 4 is 16.8 Å². The summed E-state index contributed by atoms with van der Waals surface area (Å²) in [5.41, 5.74) is 0.278. The van der Waals surface area contributed by atoms with Crippen LogP contribution < -0.4 is 4.74 Å². The second kappa shape index (κ2) is 3.42. The summed E-state index contributed by atoms with van der Waals surface area (Å²) in [6.45, 7) is 0. The zero-order valence-electron chi connectivity index (χ0n) is 8.29. The van der Waals surface area contributed by atoms with E-state index < -0.39 is 5.41 Å². The number of halogens is 1. The monoisotopic (exact) mass is 226 g/mol. The first kappa shape index (κ1) is 10.3. The number of hydrogen-bond acceptors (Lipinski definition) is 3. The number of benzene rings is 1. The molecule has 0 aliphatic heterocycles. The third-order valence-electron chi connectivity index (χ3n) is 2.86. The van der Waals surface area contributed by atoms with Gasteiger partial charge < -0.3 is 9.84 Å². The average Bonchev–Trinajstić information content (AvgIpc) is 2.99. The van der Waals surface area contributed by atoms with Crippen molar-refractivity contribution in [2.45, 2.75) is 18.3 Å². The van der Waals surface area contributed by atoms with Gasteiger partial charge in [-0.1, -0.05) is 6.07 Å². The maximum absolute atomic E-state index is 11.3. The van der Waals surface area contributed by atoms with E-state index in [1.165, 1.54) is 13.2 Å². The minimum atomic E-state index is -0.539. The Morgan fingerprint density at radius 1 is 1.53 bits per heavy atom. The molecular formula is C11H11ClO3. The average molecular weight is 227 g/mol. The zero-order valence-corrected chi connectivity index (χ0v) is 9.04. The van der Waals surface area contributed by atoms with Crippen LogP contribution in [-0.2, 0) is 10.2 Å². The standard InChI is InChI=1S/C11H11ClO3/c1-15-9-6-7(2-3-8(9)13)11(4-5-11)10(12)14/h2-3,6,13H,4-5H2,1H3. The molecule has 0 saturated heterocycles. The van der Waals surface area contributed by atoms with Gasteiger partial charge in [0.1, 0.15) is 0 Å². The Kier molecular flexibility index (Phi) is 2.35. The van der Waals surface area contributed by atoms with Crippen LogP contribution in [0.1, 0.15) is 18.4 Å². The van der Waals surface area contributed by atoms with Crippen LogP contribution >= 0.6 is 11.6 Å². The predicted octanol–water partition coefficient (Wildman–Crippen LogP) is 2.20. The highest BCUT2D eigenvalue weighted by Crippen LogP contribution is 2.51. The van der Waals surface area contributed by atoms with Gasteiger partial charge >= 0.3 is 0 Å². The maximum atomic E-state index is 11.3. The minimum Gasteiger partial charge on any atom is -0.504 e. The second-order valence-electron chi connectivity index (χ2n) is 3.74. The van der Waals surface area contributed by atoms with E-state index in [1.807, 2.05) is 0 Å². The summed E-state index contributed by atoms with van der Waals surface area (Å²) in [4.78, 5) is 11.3. The van der Waals surface area contributed by atoms with Gasteiger partial charge in [0.15, 0.2) is 11.5 Å². The van der Waals surface area contributed by atoms with Crippen molar-refractivity contribution in [3.8, 4) is 11.5 Å². The molecule has 15 heavy (non-hydrogen) atoms. The van der Waals surface area contributed by atoms with Crippen molar-refractivity contribution < 1.29 is 14.6 Å². The van der Waals surface area contributed by atoms with E-state index >= 15 is 0 Å². The van der Waals surface area contributed by atoms with Crippen LogP contribution in [0.3, 0.4) is 0 Å². The summed E-state index contributed by atoms with van der Waals surface area (Å²) in [5.74, 6) is 0.441. The summed E-state index contributed by atoms with van der Waals surface area (Å²) >= 11 is 5.56. The van der Waals surface area contributed by atoms with Crippen LogP contribution in [0.25, 0.3) is 0 Å². The number of carbonyl (C=O) groups is 1. The van der Waals surface area contributed by atoms with Gasteiger partial charge in [-0.2, -0.15) is 0 Å². The van der Waals surface area contributed by atoms with Gasteiger partial charge in [-0.05, 0) is 42.1 Å². The molecule has 0 spiro atoms. The van der Waals surface area contributed by atoms with Gasteiger partial charge in [-0.15, -0.1) is 0 Å². The minimum absolute atomic E-state index is 0.0686. The lowest BCUT2D eigenvalue weighted by molar-refractivity contribution is -0.113. The van der Waals surface area contributed by atoms with E-state index in [1.54, 1.807) is 12.1 Å². The Hall–Kier alpha value is -1.22. The Morgan fingerprint density at radius 3 is 2.67 bits per heavy atom. The number of methoxy groups -OCH3 is 1. The first-order valence-corrected chi connectivity index (χ1v) is 5.05. The number of hydrogen-bond donors (Lipinski definition) is 1. The van der Waals surface area contributed by atoms with Gasteiger partial charge in [-0.25, -0.2) is 0 Å². The molecule has 1 fully saturated rings. The fraction of sp³-hybridized carbons (Fsp3) is 0.364. The fourth-order valence-electron chi connectivity index (χ4n) is 1.70. The van der Waals surface area contributed by atoms with Gasteiger partial charge in [0.2, 0.25) is 5.24 Å². The highest BCUT2D eigenvalue weighted by Gasteiger charge is 2.50. The van der Waals surface area contributed by atoms with E-state index in [2.05, 4.69) is 0 Å². The third-order valence-corrected chi connectivity index (χ3v) is 3.22. The number of rotatable bonds is 3. The Labute approximate surface area is 92.6 Å². The smallest absolute Gasteiger partial charge is 0.232 e. The molecular weight excluding hydrogens is 216 g/mol. The molecule has 0 heterocycles. The summed E-state index contributed by atoms with van der Waals surface area (Å²) in [6.07, 6.45) is 1.53. The van der Waals surface area contributed by atoms with E-state index in [4.69, 9.17) is 16.3 Å². The normalized spacial score (nSPS) is 17.2. The lowest BCUT2D eigenvalue weighted by atomic mass is 9.97. The zero-order chi connectivity index (χ0) is 11.1. The molecule has 2 rings (SSSR count). The molecule has 3 nitrogen and oxygen atoms in total. The van der Waals surface area contributed by atoms with E-state index in [-0.39, 0.29) is 11.0 Å².